The molecule has 134 valence electrons. The average Bonchev–Trinajstić information content (AvgIpc) is 3.10. The third-order valence-corrected chi connectivity index (χ3v) is 5.30. The molecule has 26 heavy (non-hydrogen) atoms. The zero-order valence-electron chi connectivity index (χ0n) is 14.3. The molecule has 2 aromatic carbocycles. The van der Waals surface area contributed by atoms with Gasteiger partial charge >= 0.3 is 0 Å². The molecule has 1 aromatic heterocycles. The number of nitrogens with zero attached hydrogens (tertiary/aromatic N) is 1. The molecule has 0 unspecified atom stereocenters. The summed E-state index contributed by atoms with van der Waals surface area (Å²) in [4.78, 5) is 12.3. The van der Waals surface area contributed by atoms with Crippen LogP contribution in [0.25, 0.3) is 0 Å². The summed E-state index contributed by atoms with van der Waals surface area (Å²) >= 11 is 0. The second kappa shape index (κ2) is 7.01. The first-order valence-electron chi connectivity index (χ1n) is 7.86. The molecule has 0 aliphatic rings. The smallest absolute Gasteiger partial charge is 0.262 e. The lowest BCUT2D eigenvalue weighted by atomic mass is 10.2. The van der Waals surface area contributed by atoms with Crippen LogP contribution in [0.15, 0.2) is 59.6 Å². The number of carbonyl (C=O) groups excluding carboxylic acids is 1. The number of rotatable bonds is 5. The Morgan fingerprint density at radius 3 is 2.42 bits per heavy atom. The van der Waals surface area contributed by atoms with Gasteiger partial charge in [0.25, 0.3) is 15.9 Å². The van der Waals surface area contributed by atoms with Crippen LogP contribution in [0.2, 0.25) is 0 Å². The van der Waals surface area contributed by atoms with Gasteiger partial charge in [-0.05, 0) is 55.3 Å². The van der Waals surface area contributed by atoms with Gasteiger partial charge in [0.05, 0.1) is 11.1 Å². The van der Waals surface area contributed by atoms with E-state index in [2.05, 4.69) is 20.2 Å². The van der Waals surface area contributed by atoms with E-state index in [-0.39, 0.29) is 10.8 Å². The number of hydrogen-bond acceptors (Lipinski definition) is 4. The minimum absolute atomic E-state index is 0.235. The van der Waals surface area contributed by atoms with Gasteiger partial charge in [0.2, 0.25) is 0 Å². The molecule has 0 aliphatic heterocycles. The SMILES string of the molecule is Cc1ccc(C)c(S(=O)(=O)Nc2ccc(C(=O)Nc3ccn[nH]3)cc2)c1. The number of aromatic nitrogens is 2. The molecule has 3 aromatic rings. The molecule has 0 bridgehead atoms. The number of benzene rings is 2. The van der Waals surface area contributed by atoms with Crippen molar-refractivity contribution in [1.82, 2.24) is 10.2 Å². The van der Waals surface area contributed by atoms with Crippen LogP contribution < -0.4 is 10.0 Å². The van der Waals surface area contributed by atoms with Gasteiger partial charge in [-0.15, -0.1) is 0 Å². The summed E-state index contributed by atoms with van der Waals surface area (Å²) in [6.45, 7) is 3.59. The molecule has 0 saturated heterocycles. The van der Waals surface area contributed by atoms with Crippen LogP contribution >= 0.6 is 0 Å². The Balaban J connectivity index is 1.76. The Kier molecular flexibility index (Phi) is 4.77. The topological polar surface area (TPSA) is 104 Å². The highest BCUT2D eigenvalue weighted by molar-refractivity contribution is 7.92. The lowest BCUT2D eigenvalue weighted by Gasteiger charge is -2.11. The Morgan fingerprint density at radius 1 is 1.04 bits per heavy atom. The van der Waals surface area contributed by atoms with Crippen LogP contribution in [0, 0.1) is 13.8 Å². The Labute approximate surface area is 151 Å². The fourth-order valence-corrected chi connectivity index (χ4v) is 3.81. The molecule has 0 saturated carbocycles. The lowest BCUT2D eigenvalue weighted by Crippen LogP contribution is -2.15. The van der Waals surface area contributed by atoms with Crippen LogP contribution in [-0.4, -0.2) is 24.5 Å². The molecule has 0 atom stereocenters. The van der Waals surface area contributed by atoms with Crippen molar-refractivity contribution in [3.63, 3.8) is 0 Å². The second-order valence-corrected chi connectivity index (χ2v) is 7.53. The summed E-state index contributed by atoms with van der Waals surface area (Å²) in [5, 5.41) is 9.03. The van der Waals surface area contributed by atoms with Crippen LogP contribution in [-0.2, 0) is 10.0 Å². The molecule has 3 N–H and O–H groups in total. The Hall–Kier alpha value is -3.13. The third kappa shape index (κ3) is 3.92. The van der Waals surface area contributed by atoms with E-state index in [9.17, 15) is 13.2 Å². The molecule has 7 nitrogen and oxygen atoms in total. The summed E-state index contributed by atoms with van der Waals surface area (Å²) in [5.41, 5.74) is 2.30. The van der Waals surface area contributed by atoms with Crippen LogP contribution in [0.5, 0.6) is 0 Å². The fourth-order valence-electron chi connectivity index (χ4n) is 2.42. The summed E-state index contributed by atoms with van der Waals surface area (Å²) in [7, 11) is -3.70. The predicted octanol–water partition coefficient (Wildman–Crippen LogP) is 3.08. The largest absolute Gasteiger partial charge is 0.307 e. The van der Waals surface area contributed by atoms with Gasteiger partial charge in [0.15, 0.2) is 0 Å². The van der Waals surface area contributed by atoms with Gasteiger partial charge in [-0.3, -0.25) is 14.6 Å². The van der Waals surface area contributed by atoms with Crippen molar-refractivity contribution in [1.29, 1.82) is 0 Å². The minimum Gasteiger partial charge on any atom is -0.307 e. The number of amides is 1. The molecule has 0 aliphatic carbocycles. The quantitative estimate of drug-likeness (QED) is 0.642. The summed E-state index contributed by atoms with van der Waals surface area (Å²) in [5.74, 6) is 0.160. The summed E-state index contributed by atoms with van der Waals surface area (Å²) in [6, 6.07) is 13.1. The third-order valence-electron chi connectivity index (χ3n) is 3.78. The number of carbonyl (C=O) groups is 1. The van der Waals surface area contributed by atoms with Crippen LogP contribution in [0.4, 0.5) is 11.5 Å². The number of sulfonamides is 1. The number of aromatic amines is 1. The van der Waals surface area contributed by atoms with E-state index in [1.807, 2.05) is 13.0 Å². The first-order valence-corrected chi connectivity index (χ1v) is 9.34. The highest BCUT2D eigenvalue weighted by Gasteiger charge is 2.17. The van der Waals surface area contributed by atoms with Crippen LogP contribution in [0.1, 0.15) is 21.5 Å². The molecule has 1 heterocycles. The monoisotopic (exact) mass is 370 g/mol. The maximum absolute atomic E-state index is 12.6. The van der Waals surface area contributed by atoms with Crippen molar-refractivity contribution in [3.05, 3.63) is 71.4 Å². The fraction of sp³-hybridized carbons (Fsp3) is 0.111. The molecule has 0 radical (unpaired) electrons. The van der Waals surface area contributed by atoms with Gasteiger partial charge < -0.3 is 5.32 Å². The van der Waals surface area contributed by atoms with E-state index < -0.39 is 10.0 Å². The zero-order valence-corrected chi connectivity index (χ0v) is 15.1. The maximum atomic E-state index is 12.6. The number of nitrogens with one attached hydrogen (secondary N) is 3. The summed E-state index contributed by atoms with van der Waals surface area (Å²) < 4.78 is 27.7. The molecule has 0 fully saturated rings. The van der Waals surface area contributed by atoms with Crippen molar-refractivity contribution < 1.29 is 13.2 Å². The molecule has 1 amide bonds. The number of aryl methyl sites for hydroxylation is 2. The van der Waals surface area contributed by atoms with Crippen molar-refractivity contribution in [2.75, 3.05) is 10.0 Å². The molecule has 8 heteroatoms. The minimum atomic E-state index is -3.70. The number of H-pyrrole nitrogens is 1. The maximum Gasteiger partial charge on any atom is 0.262 e. The normalized spacial score (nSPS) is 11.2. The van der Waals surface area contributed by atoms with Crippen molar-refractivity contribution >= 4 is 27.4 Å². The highest BCUT2D eigenvalue weighted by Crippen LogP contribution is 2.21. The van der Waals surface area contributed by atoms with Gasteiger partial charge in [-0.25, -0.2) is 8.42 Å². The van der Waals surface area contributed by atoms with E-state index >= 15 is 0 Å². The number of hydrogen-bond donors (Lipinski definition) is 3. The molecular weight excluding hydrogens is 352 g/mol. The van der Waals surface area contributed by atoms with Gasteiger partial charge in [-0.1, -0.05) is 12.1 Å². The van der Waals surface area contributed by atoms with E-state index in [4.69, 9.17) is 0 Å². The predicted molar refractivity (Wildman–Crippen MR) is 99.7 cm³/mol. The van der Waals surface area contributed by atoms with Crippen molar-refractivity contribution in [2.24, 2.45) is 0 Å². The van der Waals surface area contributed by atoms with E-state index in [1.165, 1.54) is 6.20 Å². The standard InChI is InChI=1S/C18H18N4O3S/c1-12-3-4-13(2)16(11-12)26(24,25)22-15-7-5-14(6-8-15)18(23)20-17-9-10-19-21-17/h3-11,22H,1-2H3,(H2,19,20,21,23). The van der Waals surface area contributed by atoms with Gasteiger partial charge in [-0.2, -0.15) is 5.10 Å². The molecule has 3 rings (SSSR count). The van der Waals surface area contributed by atoms with Gasteiger partial charge in [0, 0.05) is 17.3 Å². The Bertz CT molecular complexity index is 1030. The van der Waals surface area contributed by atoms with E-state index in [0.29, 0.717) is 22.6 Å². The lowest BCUT2D eigenvalue weighted by molar-refractivity contribution is 0.102. The Morgan fingerprint density at radius 2 is 1.77 bits per heavy atom. The van der Waals surface area contributed by atoms with Crippen molar-refractivity contribution in [3.8, 4) is 0 Å². The number of anilines is 2. The first-order chi connectivity index (χ1) is 12.3. The van der Waals surface area contributed by atoms with Gasteiger partial charge in [0.1, 0.15) is 5.82 Å². The van der Waals surface area contributed by atoms with Crippen molar-refractivity contribution in [2.45, 2.75) is 18.7 Å². The average molecular weight is 370 g/mol. The molecular formula is C18H18N4O3S. The van der Waals surface area contributed by atoms with E-state index in [0.717, 1.165) is 5.56 Å². The highest BCUT2D eigenvalue weighted by atomic mass is 32.2. The van der Waals surface area contributed by atoms with Crippen LogP contribution in [0.3, 0.4) is 0 Å². The first kappa shape index (κ1) is 17.7. The second-order valence-electron chi connectivity index (χ2n) is 5.88. The molecule has 0 spiro atoms. The van der Waals surface area contributed by atoms with E-state index in [1.54, 1.807) is 49.4 Å². The zero-order chi connectivity index (χ0) is 18.7. The summed E-state index contributed by atoms with van der Waals surface area (Å²) in [6.07, 6.45) is 1.53.